The molecular weight excluding hydrogens is 280 g/mol. The molecule has 1 atom stereocenters. The van der Waals surface area contributed by atoms with E-state index in [0.717, 1.165) is 17.8 Å². The number of rotatable bonds is 6. The van der Waals surface area contributed by atoms with E-state index < -0.39 is 0 Å². The molecule has 0 aliphatic heterocycles. The van der Waals surface area contributed by atoms with Gasteiger partial charge in [0.25, 0.3) is 0 Å². The molecule has 0 aromatic heterocycles. The van der Waals surface area contributed by atoms with E-state index in [1.807, 2.05) is 12.1 Å². The second-order valence-corrected chi connectivity index (χ2v) is 7.23. The minimum absolute atomic E-state index is 0.399. The molecule has 0 saturated carbocycles. The topological polar surface area (TPSA) is 52.0 Å². The number of hydrogen-bond donors (Lipinski definition) is 2. The number of hydrogen-bond acceptors (Lipinski definition) is 2. The first kappa shape index (κ1) is 17.4. The van der Waals surface area contributed by atoms with Crippen molar-refractivity contribution in [2.75, 3.05) is 11.5 Å². The van der Waals surface area contributed by atoms with Gasteiger partial charge in [-0.05, 0) is 53.1 Å². The normalized spacial score (nSPS) is 12.8. The number of nitrogen functional groups attached to an aromatic ring is 2. The summed E-state index contributed by atoms with van der Waals surface area (Å²) in [5.41, 5.74) is 17.6. The van der Waals surface area contributed by atoms with Crippen LogP contribution in [0.4, 0.5) is 11.4 Å². The van der Waals surface area contributed by atoms with E-state index in [-0.39, 0.29) is 0 Å². The second kappa shape index (κ2) is 7.54. The average Bonchev–Trinajstić information content (AvgIpc) is 2.50. The minimum atomic E-state index is 0.399. The highest BCUT2D eigenvalue weighted by atomic mass is 14.6. The molecule has 0 aliphatic rings. The molecule has 2 aromatic carbocycles. The van der Waals surface area contributed by atoms with Gasteiger partial charge in [0.05, 0.1) is 0 Å². The molecule has 4 N–H and O–H groups in total. The summed E-state index contributed by atoms with van der Waals surface area (Å²) >= 11 is 0. The molecule has 0 spiro atoms. The van der Waals surface area contributed by atoms with Crippen molar-refractivity contribution < 1.29 is 0 Å². The third-order valence-electron chi connectivity index (χ3n) is 4.51. The first-order chi connectivity index (χ1) is 10.9. The zero-order valence-electron chi connectivity index (χ0n) is 14.8. The van der Waals surface area contributed by atoms with Crippen molar-refractivity contribution in [3.05, 3.63) is 59.2 Å². The van der Waals surface area contributed by atoms with Crippen molar-refractivity contribution in [2.24, 2.45) is 5.92 Å². The predicted octanol–water partition coefficient (Wildman–Crippen LogP) is 5.54. The molecule has 0 amide bonds. The molecule has 2 nitrogen and oxygen atoms in total. The molecule has 0 saturated heterocycles. The quantitative estimate of drug-likeness (QED) is 0.688. The Labute approximate surface area is 140 Å². The van der Waals surface area contributed by atoms with E-state index >= 15 is 0 Å². The predicted molar refractivity (Wildman–Crippen MR) is 102 cm³/mol. The summed E-state index contributed by atoms with van der Waals surface area (Å²) in [5, 5.41) is 0. The molecule has 124 valence electrons. The molecule has 0 bridgehead atoms. The first-order valence-electron chi connectivity index (χ1n) is 8.63. The Balaban J connectivity index is 2.40. The van der Waals surface area contributed by atoms with Crippen molar-refractivity contribution in [1.82, 2.24) is 0 Å². The number of benzene rings is 2. The molecular formula is C21H30N2. The van der Waals surface area contributed by atoms with Gasteiger partial charge in [-0.25, -0.2) is 0 Å². The molecule has 2 heteroatoms. The van der Waals surface area contributed by atoms with Crippen LogP contribution in [0.2, 0.25) is 0 Å². The second-order valence-electron chi connectivity index (χ2n) is 7.23. The molecule has 0 radical (unpaired) electrons. The van der Waals surface area contributed by atoms with E-state index in [4.69, 9.17) is 11.5 Å². The molecule has 0 fully saturated rings. The van der Waals surface area contributed by atoms with Gasteiger partial charge in [0, 0.05) is 17.3 Å². The lowest BCUT2D eigenvalue weighted by Crippen LogP contribution is -2.06. The summed E-state index contributed by atoms with van der Waals surface area (Å²) in [6, 6.07) is 14.8. The van der Waals surface area contributed by atoms with Crippen LogP contribution >= 0.6 is 0 Å². The fourth-order valence-corrected chi connectivity index (χ4v) is 3.06. The van der Waals surface area contributed by atoms with Gasteiger partial charge in [-0.3, -0.25) is 0 Å². The van der Waals surface area contributed by atoms with E-state index in [1.165, 1.54) is 23.1 Å². The standard InChI is InChI=1S/C21H30N2/c1-14(2)5-11-19(16-6-9-18(22)10-7-16)17-8-12-21(23)20(13-17)15(3)4/h6-10,12-15,19H,5,11,22-23H2,1-4H3. The molecule has 23 heavy (non-hydrogen) atoms. The van der Waals surface area contributed by atoms with Crippen molar-refractivity contribution in [2.45, 2.75) is 52.4 Å². The van der Waals surface area contributed by atoms with Crippen LogP contribution in [0.5, 0.6) is 0 Å². The summed E-state index contributed by atoms with van der Waals surface area (Å²) in [4.78, 5) is 0. The third kappa shape index (κ3) is 4.51. The Morgan fingerprint density at radius 1 is 0.783 bits per heavy atom. The highest BCUT2D eigenvalue weighted by Gasteiger charge is 2.17. The van der Waals surface area contributed by atoms with Crippen molar-refractivity contribution >= 4 is 11.4 Å². The summed E-state index contributed by atoms with van der Waals surface area (Å²) in [5.74, 6) is 1.54. The highest BCUT2D eigenvalue weighted by Crippen LogP contribution is 2.34. The van der Waals surface area contributed by atoms with Gasteiger partial charge in [0.1, 0.15) is 0 Å². The van der Waals surface area contributed by atoms with E-state index in [1.54, 1.807) is 0 Å². The Morgan fingerprint density at radius 3 is 1.96 bits per heavy atom. The van der Waals surface area contributed by atoms with Crippen molar-refractivity contribution in [1.29, 1.82) is 0 Å². The van der Waals surface area contributed by atoms with Gasteiger partial charge in [-0.15, -0.1) is 0 Å². The maximum absolute atomic E-state index is 6.15. The Morgan fingerprint density at radius 2 is 1.39 bits per heavy atom. The van der Waals surface area contributed by atoms with Crippen LogP contribution in [-0.4, -0.2) is 0 Å². The lowest BCUT2D eigenvalue weighted by molar-refractivity contribution is 0.528. The summed E-state index contributed by atoms with van der Waals surface area (Å²) in [7, 11) is 0. The van der Waals surface area contributed by atoms with Gasteiger partial charge in [-0.2, -0.15) is 0 Å². The van der Waals surface area contributed by atoms with Gasteiger partial charge in [0.2, 0.25) is 0 Å². The fourth-order valence-electron chi connectivity index (χ4n) is 3.06. The Hall–Kier alpha value is -1.96. The molecule has 1 unspecified atom stereocenters. The lowest BCUT2D eigenvalue weighted by atomic mass is 9.84. The van der Waals surface area contributed by atoms with Crippen molar-refractivity contribution in [3.8, 4) is 0 Å². The first-order valence-corrected chi connectivity index (χ1v) is 8.63. The number of nitrogens with two attached hydrogens (primary N) is 2. The zero-order valence-corrected chi connectivity index (χ0v) is 14.8. The summed E-state index contributed by atoms with van der Waals surface area (Å²) in [6.45, 7) is 8.95. The SMILES string of the molecule is CC(C)CCC(c1ccc(N)cc1)c1ccc(N)c(C(C)C)c1. The Kier molecular flexibility index (Phi) is 5.70. The largest absolute Gasteiger partial charge is 0.399 e. The van der Waals surface area contributed by atoms with Gasteiger partial charge < -0.3 is 11.5 Å². The van der Waals surface area contributed by atoms with Crippen LogP contribution in [0.15, 0.2) is 42.5 Å². The van der Waals surface area contributed by atoms with Crippen LogP contribution in [0, 0.1) is 5.92 Å². The lowest BCUT2D eigenvalue weighted by Gasteiger charge is -2.21. The molecule has 2 rings (SSSR count). The van der Waals surface area contributed by atoms with Crippen LogP contribution in [0.1, 0.15) is 69.1 Å². The van der Waals surface area contributed by atoms with Crippen molar-refractivity contribution in [3.63, 3.8) is 0 Å². The molecule has 0 heterocycles. The Bertz CT molecular complexity index is 627. The van der Waals surface area contributed by atoms with Crippen LogP contribution in [0.25, 0.3) is 0 Å². The van der Waals surface area contributed by atoms with E-state index in [2.05, 4.69) is 58.0 Å². The van der Waals surface area contributed by atoms with Gasteiger partial charge >= 0.3 is 0 Å². The maximum atomic E-state index is 6.15. The summed E-state index contributed by atoms with van der Waals surface area (Å²) < 4.78 is 0. The average molecular weight is 310 g/mol. The minimum Gasteiger partial charge on any atom is -0.399 e. The van der Waals surface area contributed by atoms with Crippen LogP contribution in [0.3, 0.4) is 0 Å². The van der Waals surface area contributed by atoms with Crippen LogP contribution < -0.4 is 11.5 Å². The maximum Gasteiger partial charge on any atom is 0.0349 e. The van der Waals surface area contributed by atoms with E-state index in [9.17, 15) is 0 Å². The smallest absolute Gasteiger partial charge is 0.0349 e. The monoisotopic (exact) mass is 310 g/mol. The van der Waals surface area contributed by atoms with Gasteiger partial charge in [0.15, 0.2) is 0 Å². The van der Waals surface area contributed by atoms with Gasteiger partial charge in [-0.1, -0.05) is 58.4 Å². The summed E-state index contributed by atoms with van der Waals surface area (Å²) in [6.07, 6.45) is 2.35. The fraction of sp³-hybridized carbons (Fsp3) is 0.429. The third-order valence-corrected chi connectivity index (χ3v) is 4.51. The number of anilines is 2. The molecule has 2 aromatic rings. The van der Waals surface area contributed by atoms with Crippen LogP contribution in [-0.2, 0) is 0 Å². The van der Waals surface area contributed by atoms with E-state index in [0.29, 0.717) is 17.8 Å². The highest BCUT2D eigenvalue weighted by molar-refractivity contribution is 5.52. The zero-order chi connectivity index (χ0) is 17.0. The molecule has 0 aliphatic carbocycles.